The quantitative estimate of drug-likeness (QED) is 0.428. The van der Waals surface area contributed by atoms with Gasteiger partial charge in [0.1, 0.15) is 5.60 Å². The Hall–Kier alpha value is -3.49. The zero-order chi connectivity index (χ0) is 25.8. The van der Waals surface area contributed by atoms with Crippen LogP contribution in [0, 0.1) is 12.8 Å². The summed E-state index contributed by atoms with van der Waals surface area (Å²) in [4.78, 5) is 42.7. The first-order valence-electron chi connectivity index (χ1n) is 11.2. The highest BCUT2D eigenvalue weighted by Crippen LogP contribution is 2.30. The fourth-order valence-electron chi connectivity index (χ4n) is 3.58. The van der Waals surface area contributed by atoms with Crippen molar-refractivity contribution in [3.63, 3.8) is 0 Å². The summed E-state index contributed by atoms with van der Waals surface area (Å²) in [6.45, 7) is 10.3. The van der Waals surface area contributed by atoms with E-state index in [-0.39, 0.29) is 29.3 Å². The van der Waals surface area contributed by atoms with Crippen molar-refractivity contribution in [1.82, 2.24) is 15.2 Å². The molecule has 2 atom stereocenters. The van der Waals surface area contributed by atoms with Gasteiger partial charge in [-0.1, -0.05) is 44.2 Å². The van der Waals surface area contributed by atoms with Crippen molar-refractivity contribution in [3.8, 4) is 11.8 Å². The summed E-state index contributed by atoms with van der Waals surface area (Å²) in [6.07, 6.45) is -0.687. The van der Waals surface area contributed by atoms with Crippen molar-refractivity contribution >= 4 is 17.8 Å². The molecule has 0 unspecified atom stereocenters. The highest BCUT2D eigenvalue weighted by Gasteiger charge is 2.33. The van der Waals surface area contributed by atoms with Crippen LogP contribution in [-0.2, 0) is 9.53 Å². The Morgan fingerprint density at radius 2 is 1.68 bits per heavy atom. The van der Waals surface area contributed by atoms with Crippen molar-refractivity contribution in [2.24, 2.45) is 5.92 Å². The van der Waals surface area contributed by atoms with Crippen molar-refractivity contribution < 1.29 is 29.3 Å². The molecular weight excluding hydrogens is 438 g/mol. The van der Waals surface area contributed by atoms with E-state index in [4.69, 9.17) is 4.74 Å². The molecule has 4 N–H and O–H groups in total. The van der Waals surface area contributed by atoms with E-state index in [1.54, 1.807) is 41.7 Å². The third-order valence-electron chi connectivity index (χ3n) is 5.43. The Morgan fingerprint density at radius 1 is 1.09 bits per heavy atom. The molecule has 0 aliphatic rings. The lowest BCUT2D eigenvalue weighted by Crippen LogP contribution is -2.46. The summed E-state index contributed by atoms with van der Waals surface area (Å²) in [6, 6.07) is 7.51. The Kier molecular flexibility index (Phi) is 8.36. The second-order valence-corrected chi connectivity index (χ2v) is 9.70. The Morgan fingerprint density at radius 3 is 2.15 bits per heavy atom. The second-order valence-electron chi connectivity index (χ2n) is 9.70. The number of carbonyl (C=O) groups is 3. The summed E-state index contributed by atoms with van der Waals surface area (Å²) < 4.78 is 5.47. The first kappa shape index (κ1) is 26.8. The molecule has 2 amide bonds. The number of rotatable bonds is 8. The number of nitrogens with zero attached hydrogens (tertiary/aromatic N) is 1. The molecule has 0 radical (unpaired) electrons. The van der Waals surface area contributed by atoms with Gasteiger partial charge >= 0.3 is 6.09 Å². The number of Topliss-reactive ketones (excluding diaryl/α,β-unsaturated/α-hetero) is 1. The van der Waals surface area contributed by atoms with Gasteiger partial charge in [0.25, 0.3) is 0 Å². The van der Waals surface area contributed by atoms with Gasteiger partial charge < -0.3 is 25.2 Å². The van der Waals surface area contributed by atoms with Crippen LogP contribution in [0.15, 0.2) is 30.3 Å². The van der Waals surface area contributed by atoms with Crippen LogP contribution in [-0.4, -0.2) is 56.6 Å². The number of hydrogen-bond acceptors (Lipinski definition) is 6. The SMILES string of the molecule is Cc1c(O)[nH]c(O)c1C(=O)[C@@H](NC(=O)C[C@@H](c1ccccc1)N(C)C(=O)OC(C)(C)C)C(C)C. The lowest BCUT2D eigenvalue weighted by molar-refractivity contribution is -0.123. The minimum atomic E-state index is -0.949. The van der Waals surface area contributed by atoms with Crippen LogP contribution in [0.5, 0.6) is 11.8 Å². The molecule has 9 nitrogen and oxygen atoms in total. The van der Waals surface area contributed by atoms with Crippen LogP contribution in [0.2, 0.25) is 0 Å². The number of aromatic nitrogens is 1. The lowest BCUT2D eigenvalue weighted by Gasteiger charge is -2.31. The summed E-state index contributed by atoms with van der Waals surface area (Å²) in [5.41, 5.74) is 0.171. The molecule has 0 spiro atoms. The van der Waals surface area contributed by atoms with Gasteiger partial charge in [0.15, 0.2) is 11.7 Å². The van der Waals surface area contributed by atoms with Crippen molar-refractivity contribution in [3.05, 3.63) is 47.0 Å². The van der Waals surface area contributed by atoms with E-state index in [0.29, 0.717) is 0 Å². The zero-order valence-electron chi connectivity index (χ0n) is 20.8. The van der Waals surface area contributed by atoms with Crippen LogP contribution >= 0.6 is 0 Å². The van der Waals surface area contributed by atoms with Crippen molar-refractivity contribution in [2.45, 2.75) is 65.6 Å². The maximum atomic E-state index is 13.1. The number of hydrogen-bond donors (Lipinski definition) is 4. The maximum absolute atomic E-state index is 13.1. The predicted octanol–water partition coefficient (Wildman–Crippen LogP) is 4.06. The topological polar surface area (TPSA) is 132 Å². The normalized spacial score (nSPS) is 13.3. The molecule has 0 saturated carbocycles. The maximum Gasteiger partial charge on any atom is 0.410 e. The van der Waals surface area contributed by atoms with Gasteiger partial charge in [-0.2, -0.15) is 0 Å². The molecule has 0 aliphatic heterocycles. The van der Waals surface area contributed by atoms with Gasteiger partial charge in [-0.15, -0.1) is 0 Å². The molecule has 1 aromatic heterocycles. The average molecular weight is 474 g/mol. The first-order valence-corrected chi connectivity index (χ1v) is 11.2. The minimum Gasteiger partial charge on any atom is -0.494 e. The second kappa shape index (κ2) is 10.6. The molecular formula is C25H35N3O6. The molecule has 1 aromatic carbocycles. The number of amides is 2. The molecule has 1 heterocycles. The molecule has 0 aliphatic carbocycles. The van der Waals surface area contributed by atoms with E-state index in [2.05, 4.69) is 10.3 Å². The third-order valence-corrected chi connectivity index (χ3v) is 5.43. The summed E-state index contributed by atoms with van der Waals surface area (Å²) in [5.74, 6) is -2.03. The van der Waals surface area contributed by atoms with Crippen LogP contribution in [0.3, 0.4) is 0 Å². The van der Waals surface area contributed by atoms with Crippen LogP contribution in [0.25, 0.3) is 0 Å². The van der Waals surface area contributed by atoms with E-state index in [0.717, 1.165) is 5.56 Å². The highest BCUT2D eigenvalue weighted by molar-refractivity contribution is 6.05. The predicted molar refractivity (Wildman–Crippen MR) is 128 cm³/mol. The number of ketones is 1. The lowest BCUT2D eigenvalue weighted by atomic mass is 9.93. The molecule has 0 bridgehead atoms. The molecule has 9 heteroatoms. The number of H-pyrrole nitrogens is 1. The van der Waals surface area contributed by atoms with E-state index in [1.807, 2.05) is 30.3 Å². The van der Waals surface area contributed by atoms with Gasteiger partial charge in [-0.3, -0.25) is 14.6 Å². The monoisotopic (exact) mass is 473 g/mol. The zero-order valence-corrected chi connectivity index (χ0v) is 20.8. The first-order chi connectivity index (χ1) is 15.7. The molecule has 2 aromatic rings. The fraction of sp³-hybridized carbons (Fsp3) is 0.480. The van der Waals surface area contributed by atoms with Crippen LogP contribution < -0.4 is 5.32 Å². The van der Waals surface area contributed by atoms with Crippen LogP contribution in [0.4, 0.5) is 4.79 Å². The molecule has 0 fully saturated rings. The molecule has 186 valence electrons. The summed E-state index contributed by atoms with van der Waals surface area (Å²) in [7, 11) is 1.56. The van der Waals surface area contributed by atoms with Gasteiger partial charge in [-0.25, -0.2) is 4.79 Å². The number of carbonyl (C=O) groups excluding carboxylic acids is 3. The van der Waals surface area contributed by atoms with Gasteiger partial charge in [0.2, 0.25) is 11.8 Å². The summed E-state index contributed by atoms with van der Waals surface area (Å²) in [5, 5.41) is 22.6. The number of ether oxygens (including phenoxy) is 1. The molecule has 0 saturated heterocycles. The number of aromatic amines is 1. The fourth-order valence-corrected chi connectivity index (χ4v) is 3.58. The van der Waals surface area contributed by atoms with E-state index in [9.17, 15) is 24.6 Å². The minimum absolute atomic E-state index is 0.0676. The van der Waals surface area contributed by atoms with Crippen LogP contribution in [0.1, 0.15) is 68.6 Å². The Bertz CT molecular complexity index is 1020. The number of nitrogens with one attached hydrogen (secondary N) is 2. The van der Waals surface area contributed by atoms with Gasteiger partial charge in [0.05, 0.1) is 24.1 Å². The smallest absolute Gasteiger partial charge is 0.410 e. The standard InChI is InChI=1S/C25H35N3O6/c1-14(2)20(21(30)19-15(3)22(31)27-23(19)32)26-18(29)13-17(16-11-9-8-10-12-16)28(7)24(33)34-25(4,5)6/h8-12,14,17,20,27,31-32H,13H2,1-7H3,(H,26,29)/t17-,20-/m0/s1. The van der Waals surface area contributed by atoms with E-state index >= 15 is 0 Å². The summed E-state index contributed by atoms with van der Waals surface area (Å²) >= 11 is 0. The molecule has 2 rings (SSSR count). The third kappa shape index (κ3) is 6.52. The highest BCUT2D eigenvalue weighted by atomic mass is 16.6. The van der Waals surface area contributed by atoms with Crippen molar-refractivity contribution in [1.29, 1.82) is 0 Å². The van der Waals surface area contributed by atoms with E-state index in [1.165, 1.54) is 11.8 Å². The number of aromatic hydroxyl groups is 2. The van der Waals surface area contributed by atoms with Crippen molar-refractivity contribution in [2.75, 3.05) is 7.05 Å². The average Bonchev–Trinajstić information content (AvgIpc) is 2.99. The molecule has 34 heavy (non-hydrogen) atoms. The Balaban J connectivity index is 2.27. The number of benzene rings is 1. The Labute approximate surface area is 200 Å². The van der Waals surface area contributed by atoms with Gasteiger partial charge in [-0.05, 0) is 39.2 Å². The largest absolute Gasteiger partial charge is 0.494 e. The van der Waals surface area contributed by atoms with Gasteiger partial charge in [0, 0.05) is 12.6 Å². The van der Waals surface area contributed by atoms with E-state index < -0.39 is 41.3 Å².